The average molecular weight is 309 g/mol. The second-order valence-electron chi connectivity index (χ2n) is 5.15. The molecule has 0 aliphatic carbocycles. The first kappa shape index (κ1) is 15.4. The van der Waals surface area contributed by atoms with Gasteiger partial charge in [-0.25, -0.2) is 0 Å². The van der Waals surface area contributed by atoms with Crippen LogP contribution in [0.25, 0.3) is 0 Å². The molecule has 0 saturated carbocycles. The van der Waals surface area contributed by atoms with E-state index in [0.29, 0.717) is 0 Å². The molecule has 108 valence electrons. The van der Waals surface area contributed by atoms with Crippen LogP contribution in [0.1, 0.15) is 24.5 Å². The van der Waals surface area contributed by atoms with Crippen molar-refractivity contribution in [1.29, 1.82) is 0 Å². The van der Waals surface area contributed by atoms with Gasteiger partial charge >= 0.3 is 0 Å². The third-order valence-corrected chi connectivity index (χ3v) is 4.48. The van der Waals surface area contributed by atoms with Crippen LogP contribution in [0.2, 0.25) is 5.02 Å². The highest BCUT2D eigenvalue weighted by Gasteiger charge is 2.09. The van der Waals surface area contributed by atoms with Gasteiger partial charge in [0, 0.05) is 19.6 Å². The first-order valence-electron chi connectivity index (χ1n) is 6.86. The minimum Gasteiger partial charge on any atom is -0.369 e. The Morgan fingerprint density at radius 2 is 2.10 bits per heavy atom. The van der Waals surface area contributed by atoms with E-state index in [2.05, 4.69) is 47.8 Å². The van der Waals surface area contributed by atoms with Gasteiger partial charge in [0.15, 0.2) is 0 Å². The smallest absolute Gasteiger partial charge is 0.0642 e. The van der Waals surface area contributed by atoms with Crippen LogP contribution < -0.4 is 10.6 Å². The van der Waals surface area contributed by atoms with Gasteiger partial charge in [0.1, 0.15) is 0 Å². The number of nitrogens with zero attached hydrogens (tertiary/aromatic N) is 1. The minimum atomic E-state index is 0.209. The fourth-order valence-electron chi connectivity index (χ4n) is 2.18. The number of hydrogen-bond donors (Lipinski definition) is 1. The Balaban J connectivity index is 2.08. The number of nitrogens with two attached hydrogens (primary N) is 1. The Labute approximate surface area is 130 Å². The fourth-order valence-corrected chi connectivity index (χ4v) is 3.18. The van der Waals surface area contributed by atoms with Crippen molar-refractivity contribution in [2.75, 3.05) is 11.9 Å². The zero-order valence-corrected chi connectivity index (χ0v) is 13.5. The highest BCUT2D eigenvalue weighted by atomic mass is 35.5. The van der Waals surface area contributed by atoms with Crippen molar-refractivity contribution in [2.45, 2.75) is 32.4 Å². The van der Waals surface area contributed by atoms with E-state index in [-0.39, 0.29) is 6.04 Å². The van der Waals surface area contributed by atoms with Crippen LogP contribution in [0.15, 0.2) is 35.0 Å². The van der Waals surface area contributed by atoms with Gasteiger partial charge in [0.2, 0.25) is 0 Å². The van der Waals surface area contributed by atoms with Crippen LogP contribution in [0, 0.1) is 0 Å². The number of thiophene rings is 1. The molecule has 20 heavy (non-hydrogen) atoms. The van der Waals surface area contributed by atoms with E-state index in [9.17, 15) is 0 Å². The van der Waals surface area contributed by atoms with Crippen LogP contribution in [0.5, 0.6) is 0 Å². The van der Waals surface area contributed by atoms with E-state index in [4.69, 9.17) is 17.3 Å². The summed E-state index contributed by atoms with van der Waals surface area (Å²) in [5.41, 5.74) is 9.57. The fraction of sp³-hybridized carbons (Fsp3) is 0.375. The molecule has 1 heterocycles. The van der Waals surface area contributed by atoms with Crippen LogP contribution in [0.3, 0.4) is 0 Å². The van der Waals surface area contributed by atoms with Gasteiger partial charge in [-0.05, 0) is 52.9 Å². The molecule has 0 bridgehead atoms. The minimum absolute atomic E-state index is 0.209. The van der Waals surface area contributed by atoms with E-state index in [1.165, 1.54) is 11.1 Å². The third-order valence-electron chi connectivity index (χ3n) is 3.45. The summed E-state index contributed by atoms with van der Waals surface area (Å²) in [6, 6.07) is 8.61. The van der Waals surface area contributed by atoms with Gasteiger partial charge in [-0.2, -0.15) is 11.3 Å². The largest absolute Gasteiger partial charge is 0.369 e. The van der Waals surface area contributed by atoms with Gasteiger partial charge in [0.05, 0.1) is 10.7 Å². The number of benzene rings is 1. The van der Waals surface area contributed by atoms with Crippen LogP contribution in [0.4, 0.5) is 5.69 Å². The summed E-state index contributed by atoms with van der Waals surface area (Å²) in [6.45, 7) is 2.98. The molecule has 0 radical (unpaired) electrons. The topological polar surface area (TPSA) is 29.3 Å². The number of hydrogen-bond acceptors (Lipinski definition) is 3. The van der Waals surface area contributed by atoms with E-state index in [0.717, 1.165) is 30.1 Å². The molecule has 1 atom stereocenters. The number of anilines is 1. The summed E-state index contributed by atoms with van der Waals surface area (Å²) in [5.74, 6) is 0. The molecule has 1 unspecified atom stereocenters. The molecule has 0 amide bonds. The van der Waals surface area contributed by atoms with Crippen molar-refractivity contribution in [2.24, 2.45) is 5.73 Å². The van der Waals surface area contributed by atoms with Crippen LogP contribution in [-0.2, 0) is 13.0 Å². The molecule has 2 rings (SSSR count). The molecule has 0 fully saturated rings. The van der Waals surface area contributed by atoms with Gasteiger partial charge in [-0.1, -0.05) is 24.6 Å². The van der Waals surface area contributed by atoms with E-state index in [1.807, 2.05) is 6.07 Å². The highest BCUT2D eigenvalue weighted by Crippen LogP contribution is 2.28. The van der Waals surface area contributed by atoms with Gasteiger partial charge in [-0.15, -0.1) is 0 Å². The summed E-state index contributed by atoms with van der Waals surface area (Å²) in [7, 11) is 2.07. The molecule has 2 nitrogen and oxygen atoms in total. The Hall–Kier alpha value is -1.03. The van der Waals surface area contributed by atoms with Crippen molar-refractivity contribution in [3.63, 3.8) is 0 Å². The molecule has 1 aromatic heterocycles. The summed E-state index contributed by atoms with van der Waals surface area (Å²) >= 11 is 8.13. The molecule has 2 aromatic rings. The second kappa shape index (κ2) is 7.11. The summed E-state index contributed by atoms with van der Waals surface area (Å²) in [5, 5.41) is 5.06. The van der Waals surface area contributed by atoms with Crippen molar-refractivity contribution >= 4 is 28.6 Å². The quantitative estimate of drug-likeness (QED) is 0.861. The predicted octanol–water partition coefficient (Wildman–Crippen LogP) is 4.32. The summed E-state index contributed by atoms with van der Waals surface area (Å²) < 4.78 is 0. The lowest BCUT2D eigenvalue weighted by atomic mass is 10.0. The summed E-state index contributed by atoms with van der Waals surface area (Å²) in [4.78, 5) is 2.17. The van der Waals surface area contributed by atoms with Crippen molar-refractivity contribution in [3.8, 4) is 0 Å². The van der Waals surface area contributed by atoms with E-state index >= 15 is 0 Å². The SMILES string of the molecule is CCC(N)Cc1ccc(N(C)Cc2ccsc2)c(Cl)c1. The number of rotatable bonds is 6. The lowest BCUT2D eigenvalue weighted by Crippen LogP contribution is -2.21. The molecule has 0 aliphatic rings. The average Bonchev–Trinajstić information content (AvgIpc) is 2.91. The summed E-state index contributed by atoms with van der Waals surface area (Å²) in [6.07, 6.45) is 1.86. The normalized spacial score (nSPS) is 12.4. The Morgan fingerprint density at radius 3 is 2.70 bits per heavy atom. The first-order chi connectivity index (χ1) is 9.60. The first-order valence-corrected chi connectivity index (χ1v) is 8.18. The zero-order valence-electron chi connectivity index (χ0n) is 12.0. The third kappa shape index (κ3) is 3.98. The predicted molar refractivity (Wildman–Crippen MR) is 89.8 cm³/mol. The molecule has 0 spiro atoms. The maximum Gasteiger partial charge on any atom is 0.0642 e. The highest BCUT2D eigenvalue weighted by molar-refractivity contribution is 7.07. The van der Waals surface area contributed by atoms with Crippen molar-refractivity contribution in [1.82, 2.24) is 0 Å². The van der Waals surface area contributed by atoms with E-state index < -0.39 is 0 Å². The zero-order chi connectivity index (χ0) is 14.5. The van der Waals surface area contributed by atoms with Gasteiger partial charge in [0.25, 0.3) is 0 Å². The lowest BCUT2D eigenvalue weighted by molar-refractivity contribution is 0.646. The van der Waals surface area contributed by atoms with Gasteiger partial charge in [-0.3, -0.25) is 0 Å². The molecule has 0 aliphatic heterocycles. The van der Waals surface area contributed by atoms with Crippen molar-refractivity contribution in [3.05, 3.63) is 51.2 Å². The van der Waals surface area contributed by atoms with Crippen molar-refractivity contribution < 1.29 is 0 Å². The second-order valence-corrected chi connectivity index (χ2v) is 6.33. The molecule has 1 aromatic carbocycles. The molecular formula is C16H21ClN2S. The maximum absolute atomic E-state index is 6.41. The molecular weight excluding hydrogens is 288 g/mol. The maximum atomic E-state index is 6.41. The Bertz CT molecular complexity index is 539. The lowest BCUT2D eigenvalue weighted by Gasteiger charge is -2.21. The van der Waals surface area contributed by atoms with E-state index in [1.54, 1.807) is 11.3 Å². The standard InChI is InChI=1S/C16H21ClN2S/c1-3-14(18)8-12-4-5-16(15(17)9-12)19(2)10-13-6-7-20-11-13/h4-7,9,11,14H,3,8,10,18H2,1-2H3. The molecule has 0 saturated heterocycles. The van der Waals surface area contributed by atoms with Crippen LogP contribution in [-0.4, -0.2) is 13.1 Å². The monoisotopic (exact) mass is 308 g/mol. The molecule has 2 N–H and O–H groups in total. The van der Waals surface area contributed by atoms with Crippen LogP contribution >= 0.6 is 22.9 Å². The van der Waals surface area contributed by atoms with Gasteiger partial charge < -0.3 is 10.6 Å². The molecule has 4 heteroatoms. The Morgan fingerprint density at radius 1 is 1.30 bits per heavy atom. The Kier molecular flexibility index (Phi) is 5.46. The number of halogens is 1.